The van der Waals surface area contributed by atoms with Gasteiger partial charge in [0, 0.05) is 6.42 Å². The van der Waals surface area contributed by atoms with Crippen molar-refractivity contribution in [1.82, 2.24) is 0 Å². The summed E-state index contributed by atoms with van der Waals surface area (Å²) in [5.41, 5.74) is 2.81. The monoisotopic (exact) mass is 234 g/mol. The summed E-state index contributed by atoms with van der Waals surface area (Å²) in [5, 5.41) is 8.60. The van der Waals surface area contributed by atoms with E-state index in [1.54, 1.807) is 0 Å². The van der Waals surface area contributed by atoms with Gasteiger partial charge in [0.1, 0.15) is 5.75 Å². The smallest absolute Gasteiger partial charge is 0.303 e. The lowest BCUT2D eigenvalue weighted by atomic mass is 10.1. The highest BCUT2D eigenvalue weighted by Crippen LogP contribution is 2.26. The van der Waals surface area contributed by atoms with E-state index in [4.69, 9.17) is 9.84 Å². The van der Waals surface area contributed by atoms with E-state index >= 15 is 0 Å². The van der Waals surface area contributed by atoms with Crippen molar-refractivity contribution in [3.8, 4) is 5.75 Å². The van der Waals surface area contributed by atoms with Crippen LogP contribution in [0.5, 0.6) is 5.75 Å². The molecule has 0 spiro atoms. The fraction of sp³-hybridized carbons (Fsp3) is 0.500. The zero-order valence-electron chi connectivity index (χ0n) is 10.1. The summed E-state index contributed by atoms with van der Waals surface area (Å²) in [5.74, 6) is 0.0953. The first kappa shape index (κ1) is 12.0. The molecule has 0 amide bonds. The zero-order valence-corrected chi connectivity index (χ0v) is 10.1. The van der Waals surface area contributed by atoms with Gasteiger partial charge < -0.3 is 9.84 Å². The minimum absolute atomic E-state index is 0.0504. The highest BCUT2D eigenvalue weighted by Gasteiger charge is 2.12. The molecule has 92 valence electrons. The molecule has 0 aromatic heterocycles. The molecule has 0 heterocycles. The average Bonchev–Trinajstić information content (AvgIpc) is 2.73. The third-order valence-corrected chi connectivity index (χ3v) is 3.17. The van der Waals surface area contributed by atoms with E-state index in [2.05, 4.69) is 12.1 Å². The SMILES string of the molecule is CC(CCC(=O)O)Oc1ccc2c(c1)CCC2. The van der Waals surface area contributed by atoms with Crippen LogP contribution >= 0.6 is 0 Å². The van der Waals surface area contributed by atoms with E-state index in [9.17, 15) is 4.79 Å². The lowest BCUT2D eigenvalue weighted by Gasteiger charge is -2.14. The number of aryl methyl sites for hydroxylation is 2. The van der Waals surface area contributed by atoms with Crippen molar-refractivity contribution >= 4 is 5.97 Å². The minimum Gasteiger partial charge on any atom is -0.491 e. The number of hydrogen-bond donors (Lipinski definition) is 1. The molecule has 0 bridgehead atoms. The lowest BCUT2D eigenvalue weighted by molar-refractivity contribution is -0.137. The van der Waals surface area contributed by atoms with Gasteiger partial charge in [-0.25, -0.2) is 0 Å². The van der Waals surface area contributed by atoms with E-state index in [-0.39, 0.29) is 12.5 Å². The maximum Gasteiger partial charge on any atom is 0.303 e. The van der Waals surface area contributed by atoms with E-state index in [0.29, 0.717) is 6.42 Å². The Bertz CT molecular complexity index is 412. The molecule has 1 aliphatic carbocycles. The molecule has 17 heavy (non-hydrogen) atoms. The van der Waals surface area contributed by atoms with Crippen LogP contribution in [0.4, 0.5) is 0 Å². The topological polar surface area (TPSA) is 46.5 Å². The summed E-state index contributed by atoms with van der Waals surface area (Å²) < 4.78 is 5.73. The number of benzene rings is 1. The molecule has 3 nitrogen and oxygen atoms in total. The van der Waals surface area contributed by atoms with Gasteiger partial charge in [0.05, 0.1) is 6.10 Å². The molecule has 1 unspecified atom stereocenters. The van der Waals surface area contributed by atoms with Gasteiger partial charge in [-0.1, -0.05) is 6.07 Å². The normalized spacial score (nSPS) is 15.4. The molecule has 1 aliphatic rings. The van der Waals surface area contributed by atoms with Crippen molar-refractivity contribution in [1.29, 1.82) is 0 Å². The van der Waals surface area contributed by atoms with Gasteiger partial charge in [-0.3, -0.25) is 4.79 Å². The van der Waals surface area contributed by atoms with Crippen LogP contribution in [0, 0.1) is 0 Å². The number of ether oxygens (including phenoxy) is 1. The average molecular weight is 234 g/mol. The molecule has 0 radical (unpaired) electrons. The second kappa shape index (κ2) is 5.21. The van der Waals surface area contributed by atoms with Crippen LogP contribution in [0.3, 0.4) is 0 Å². The second-order valence-electron chi connectivity index (χ2n) is 4.64. The predicted octanol–water partition coefficient (Wildman–Crippen LogP) is 2.81. The Morgan fingerprint density at radius 3 is 2.94 bits per heavy atom. The third-order valence-electron chi connectivity index (χ3n) is 3.17. The van der Waals surface area contributed by atoms with Crippen LogP contribution in [-0.4, -0.2) is 17.2 Å². The summed E-state index contributed by atoms with van der Waals surface area (Å²) >= 11 is 0. The van der Waals surface area contributed by atoms with Gasteiger partial charge in [0.2, 0.25) is 0 Å². The fourth-order valence-electron chi connectivity index (χ4n) is 2.24. The summed E-state index contributed by atoms with van der Waals surface area (Å²) in [6.45, 7) is 1.91. The molecule has 1 aromatic carbocycles. The van der Waals surface area contributed by atoms with E-state index in [0.717, 1.165) is 12.2 Å². The van der Waals surface area contributed by atoms with Crippen LogP contribution < -0.4 is 4.74 Å². The molecule has 2 rings (SSSR count). The van der Waals surface area contributed by atoms with Gasteiger partial charge >= 0.3 is 5.97 Å². The minimum atomic E-state index is -0.769. The molecule has 0 aliphatic heterocycles. The summed E-state index contributed by atoms with van der Waals surface area (Å²) in [7, 11) is 0. The van der Waals surface area contributed by atoms with Crippen molar-refractivity contribution in [2.24, 2.45) is 0 Å². The Morgan fingerprint density at radius 1 is 1.41 bits per heavy atom. The zero-order chi connectivity index (χ0) is 12.3. The Kier molecular flexibility index (Phi) is 3.67. The highest BCUT2D eigenvalue weighted by molar-refractivity contribution is 5.66. The molecule has 1 aromatic rings. The maximum atomic E-state index is 10.5. The molecule has 1 N–H and O–H groups in total. The molecule has 3 heteroatoms. The molecule has 0 saturated carbocycles. The number of aliphatic carboxylic acids is 1. The van der Waals surface area contributed by atoms with E-state index in [1.807, 2.05) is 13.0 Å². The Morgan fingerprint density at radius 2 is 2.18 bits per heavy atom. The Labute approximate surface area is 101 Å². The first-order chi connectivity index (χ1) is 8.15. The Hall–Kier alpha value is -1.51. The van der Waals surface area contributed by atoms with Crippen LogP contribution in [0.1, 0.15) is 37.3 Å². The van der Waals surface area contributed by atoms with Crippen LogP contribution in [0.15, 0.2) is 18.2 Å². The van der Waals surface area contributed by atoms with Gasteiger partial charge in [0.15, 0.2) is 0 Å². The highest BCUT2D eigenvalue weighted by atomic mass is 16.5. The standard InChI is InChI=1S/C14H18O3/c1-10(5-8-14(15)16)17-13-7-6-11-3-2-4-12(11)9-13/h6-7,9-10H,2-5,8H2,1H3,(H,15,16). The van der Waals surface area contributed by atoms with Gasteiger partial charge in [-0.15, -0.1) is 0 Å². The van der Waals surface area contributed by atoms with Gasteiger partial charge in [-0.05, 0) is 55.9 Å². The number of fused-ring (bicyclic) bond motifs is 1. The molecular weight excluding hydrogens is 216 g/mol. The number of carboxylic acids is 1. The van der Waals surface area contributed by atoms with Crippen molar-refractivity contribution in [3.05, 3.63) is 29.3 Å². The first-order valence-electron chi connectivity index (χ1n) is 6.15. The van der Waals surface area contributed by atoms with Crippen LogP contribution in [-0.2, 0) is 17.6 Å². The molecular formula is C14H18O3. The van der Waals surface area contributed by atoms with Crippen molar-refractivity contribution in [2.45, 2.75) is 45.1 Å². The third kappa shape index (κ3) is 3.22. The first-order valence-corrected chi connectivity index (χ1v) is 6.15. The maximum absolute atomic E-state index is 10.5. The molecule has 0 fully saturated rings. The number of rotatable bonds is 5. The second-order valence-corrected chi connectivity index (χ2v) is 4.64. The fourth-order valence-corrected chi connectivity index (χ4v) is 2.24. The lowest BCUT2D eigenvalue weighted by Crippen LogP contribution is -2.13. The number of carboxylic acid groups (broad SMARTS) is 1. The summed E-state index contributed by atoms with van der Waals surface area (Å²) in [4.78, 5) is 10.5. The van der Waals surface area contributed by atoms with Crippen molar-refractivity contribution in [2.75, 3.05) is 0 Å². The molecule has 0 saturated heterocycles. The van der Waals surface area contributed by atoms with Crippen molar-refractivity contribution in [3.63, 3.8) is 0 Å². The van der Waals surface area contributed by atoms with E-state index < -0.39 is 5.97 Å². The molecule has 1 atom stereocenters. The van der Waals surface area contributed by atoms with Gasteiger partial charge in [0.25, 0.3) is 0 Å². The number of carbonyl (C=O) groups is 1. The Balaban J connectivity index is 1.92. The largest absolute Gasteiger partial charge is 0.491 e. The van der Waals surface area contributed by atoms with Crippen LogP contribution in [0.2, 0.25) is 0 Å². The summed E-state index contributed by atoms with van der Waals surface area (Å²) in [6.07, 6.45) is 4.19. The predicted molar refractivity (Wildman–Crippen MR) is 65.4 cm³/mol. The number of hydrogen-bond acceptors (Lipinski definition) is 2. The summed E-state index contributed by atoms with van der Waals surface area (Å²) in [6, 6.07) is 6.21. The van der Waals surface area contributed by atoms with Crippen LogP contribution in [0.25, 0.3) is 0 Å². The van der Waals surface area contributed by atoms with E-state index in [1.165, 1.54) is 24.0 Å². The quantitative estimate of drug-likeness (QED) is 0.852. The van der Waals surface area contributed by atoms with Crippen molar-refractivity contribution < 1.29 is 14.6 Å². The van der Waals surface area contributed by atoms with Gasteiger partial charge in [-0.2, -0.15) is 0 Å².